The van der Waals surface area contributed by atoms with Crippen LogP contribution in [0.3, 0.4) is 0 Å². The Morgan fingerprint density at radius 3 is 1.96 bits per heavy atom. The monoisotopic (exact) mass is 366 g/mol. The average Bonchev–Trinajstić information content (AvgIpc) is 2.62. The van der Waals surface area contributed by atoms with Gasteiger partial charge in [0, 0.05) is 19.8 Å². The summed E-state index contributed by atoms with van der Waals surface area (Å²) in [6.45, 7) is 6.31. The van der Waals surface area contributed by atoms with Crippen LogP contribution >= 0.6 is 0 Å². The molecule has 2 aromatic carbocycles. The molecule has 1 unspecified atom stereocenters. The van der Waals surface area contributed by atoms with Gasteiger partial charge in [0.05, 0.1) is 12.3 Å². The lowest BCUT2D eigenvalue weighted by atomic mass is 9.96. The molecule has 0 aliphatic heterocycles. The summed E-state index contributed by atoms with van der Waals surface area (Å²) in [4.78, 5) is 25.9. The first-order valence-corrected chi connectivity index (χ1v) is 9.45. The zero-order valence-electron chi connectivity index (χ0n) is 17.0. The summed E-state index contributed by atoms with van der Waals surface area (Å²) >= 11 is 0. The lowest BCUT2D eigenvalue weighted by Crippen LogP contribution is -2.23. The highest BCUT2D eigenvalue weighted by Crippen LogP contribution is 2.20. The lowest BCUT2D eigenvalue weighted by Gasteiger charge is -2.14. The van der Waals surface area contributed by atoms with Crippen molar-refractivity contribution >= 4 is 17.5 Å². The Kier molecular flexibility index (Phi) is 7.17. The van der Waals surface area contributed by atoms with E-state index in [9.17, 15) is 9.59 Å². The second-order valence-electron chi connectivity index (χ2n) is 7.71. The van der Waals surface area contributed by atoms with E-state index >= 15 is 0 Å². The van der Waals surface area contributed by atoms with Gasteiger partial charge in [-0.3, -0.25) is 9.59 Å². The Labute approximate surface area is 162 Å². The van der Waals surface area contributed by atoms with Gasteiger partial charge in [-0.2, -0.15) is 0 Å². The van der Waals surface area contributed by atoms with Crippen LogP contribution in [0.5, 0.6) is 0 Å². The fourth-order valence-corrected chi connectivity index (χ4v) is 2.85. The predicted molar refractivity (Wildman–Crippen MR) is 111 cm³/mol. The van der Waals surface area contributed by atoms with Gasteiger partial charge in [-0.05, 0) is 48.1 Å². The third-order valence-corrected chi connectivity index (χ3v) is 4.59. The summed E-state index contributed by atoms with van der Waals surface area (Å²) in [6, 6.07) is 15.7. The van der Waals surface area contributed by atoms with Crippen molar-refractivity contribution in [2.24, 2.45) is 5.92 Å². The van der Waals surface area contributed by atoms with E-state index in [1.165, 1.54) is 5.56 Å². The molecule has 0 saturated heterocycles. The topological polar surface area (TPSA) is 49.4 Å². The Balaban J connectivity index is 1.96. The maximum atomic E-state index is 12.6. The second-order valence-corrected chi connectivity index (χ2v) is 7.71. The molecule has 0 radical (unpaired) electrons. The summed E-state index contributed by atoms with van der Waals surface area (Å²) in [6.07, 6.45) is 1.41. The average molecular weight is 367 g/mol. The van der Waals surface area contributed by atoms with Crippen molar-refractivity contribution in [3.63, 3.8) is 0 Å². The van der Waals surface area contributed by atoms with Crippen molar-refractivity contribution < 1.29 is 9.59 Å². The van der Waals surface area contributed by atoms with E-state index in [2.05, 4.69) is 31.3 Å². The first-order valence-electron chi connectivity index (χ1n) is 9.45. The lowest BCUT2D eigenvalue weighted by molar-refractivity contribution is -0.128. The number of hydrogen-bond donors (Lipinski definition) is 1. The van der Waals surface area contributed by atoms with Crippen LogP contribution in [0.1, 0.15) is 43.4 Å². The maximum Gasteiger partial charge on any atom is 0.231 e. The van der Waals surface area contributed by atoms with Crippen molar-refractivity contribution in [1.29, 1.82) is 0 Å². The highest BCUT2D eigenvalue weighted by molar-refractivity contribution is 5.95. The highest BCUT2D eigenvalue weighted by Gasteiger charge is 2.15. The molecule has 0 bridgehead atoms. The molecule has 2 aromatic rings. The fourth-order valence-electron chi connectivity index (χ4n) is 2.85. The van der Waals surface area contributed by atoms with Crippen LogP contribution in [0.4, 0.5) is 5.69 Å². The number of hydrogen-bond acceptors (Lipinski definition) is 2. The van der Waals surface area contributed by atoms with Gasteiger partial charge >= 0.3 is 0 Å². The van der Waals surface area contributed by atoms with Crippen LogP contribution in [0, 0.1) is 5.92 Å². The zero-order valence-corrected chi connectivity index (χ0v) is 17.0. The normalized spacial score (nSPS) is 11.9. The van der Waals surface area contributed by atoms with Gasteiger partial charge < -0.3 is 10.2 Å². The maximum absolute atomic E-state index is 12.6. The van der Waals surface area contributed by atoms with Gasteiger partial charge in [0.25, 0.3) is 0 Å². The van der Waals surface area contributed by atoms with Crippen LogP contribution in [-0.2, 0) is 22.4 Å². The summed E-state index contributed by atoms with van der Waals surface area (Å²) < 4.78 is 0. The summed E-state index contributed by atoms with van der Waals surface area (Å²) in [7, 11) is 3.49. The molecule has 1 atom stereocenters. The van der Waals surface area contributed by atoms with Gasteiger partial charge in [0.15, 0.2) is 0 Å². The zero-order chi connectivity index (χ0) is 20.0. The molecule has 0 aliphatic rings. The quantitative estimate of drug-likeness (QED) is 0.796. The minimum absolute atomic E-state index is 0.0382. The molecule has 0 aliphatic carbocycles. The SMILES string of the molecule is CC(C)Cc1ccc(C(C)C(=O)Nc2ccc(CC(=O)N(C)C)cc2)cc1. The summed E-state index contributed by atoms with van der Waals surface area (Å²) in [5.41, 5.74) is 3.97. The van der Waals surface area contributed by atoms with Crippen LogP contribution < -0.4 is 5.32 Å². The minimum atomic E-state index is -0.229. The molecule has 4 heteroatoms. The Hall–Kier alpha value is -2.62. The first kappa shape index (κ1) is 20.7. The van der Waals surface area contributed by atoms with Crippen LogP contribution in [0.15, 0.2) is 48.5 Å². The number of likely N-dealkylation sites (N-methyl/N-ethyl adjacent to an activating group) is 1. The van der Waals surface area contributed by atoms with Crippen molar-refractivity contribution in [2.75, 3.05) is 19.4 Å². The molecule has 0 heterocycles. The molecule has 0 saturated carbocycles. The largest absolute Gasteiger partial charge is 0.349 e. The second kappa shape index (κ2) is 9.36. The number of nitrogens with one attached hydrogen (secondary N) is 1. The fraction of sp³-hybridized carbons (Fsp3) is 0.391. The molecule has 2 amide bonds. The van der Waals surface area contributed by atoms with Gasteiger partial charge in [-0.25, -0.2) is 0 Å². The van der Waals surface area contributed by atoms with Crippen molar-refractivity contribution in [2.45, 2.75) is 39.5 Å². The van der Waals surface area contributed by atoms with E-state index in [-0.39, 0.29) is 17.7 Å². The molecule has 27 heavy (non-hydrogen) atoms. The van der Waals surface area contributed by atoms with E-state index in [1.807, 2.05) is 43.3 Å². The molecule has 2 rings (SSSR count). The number of benzene rings is 2. The number of anilines is 1. The molecular formula is C23H30N2O2. The van der Waals surface area contributed by atoms with Crippen LogP contribution in [0.25, 0.3) is 0 Å². The van der Waals surface area contributed by atoms with Gasteiger partial charge in [0.2, 0.25) is 11.8 Å². The van der Waals surface area contributed by atoms with Crippen molar-refractivity contribution in [3.8, 4) is 0 Å². The molecule has 144 valence electrons. The molecule has 0 spiro atoms. The summed E-state index contributed by atoms with van der Waals surface area (Å²) in [5.74, 6) is 0.408. The Morgan fingerprint density at radius 2 is 1.44 bits per heavy atom. The molecule has 4 nitrogen and oxygen atoms in total. The number of amides is 2. The van der Waals surface area contributed by atoms with Crippen LogP contribution in [-0.4, -0.2) is 30.8 Å². The van der Waals surface area contributed by atoms with E-state index in [0.717, 1.165) is 23.2 Å². The van der Waals surface area contributed by atoms with Gasteiger partial charge in [-0.1, -0.05) is 50.2 Å². The van der Waals surface area contributed by atoms with Crippen molar-refractivity contribution in [3.05, 3.63) is 65.2 Å². The molecule has 0 aromatic heterocycles. The first-order chi connectivity index (χ1) is 12.8. The third-order valence-electron chi connectivity index (χ3n) is 4.59. The Morgan fingerprint density at radius 1 is 0.889 bits per heavy atom. The molecule has 1 N–H and O–H groups in total. The predicted octanol–water partition coefficient (Wildman–Crippen LogP) is 4.26. The van der Waals surface area contributed by atoms with Crippen LogP contribution in [0.2, 0.25) is 0 Å². The van der Waals surface area contributed by atoms with E-state index < -0.39 is 0 Å². The number of carbonyl (C=O) groups is 2. The summed E-state index contributed by atoms with van der Waals surface area (Å²) in [5, 5.41) is 2.96. The van der Waals surface area contributed by atoms with Crippen molar-refractivity contribution in [1.82, 2.24) is 4.90 Å². The van der Waals surface area contributed by atoms with E-state index in [0.29, 0.717) is 12.3 Å². The standard InChI is InChI=1S/C23H30N2O2/c1-16(2)14-18-6-10-20(11-7-18)17(3)23(27)24-21-12-8-19(9-13-21)15-22(26)25(4)5/h6-13,16-17H,14-15H2,1-5H3,(H,24,27). The van der Waals surface area contributed by atoms with Gasteiger partial charge in [0.1, 0.15) is 0 Å². The number of rotatable bonds is 7. The number of nitrogens with zero attached hydrogens (tertiary/aromatic N) is 1. The van der Waals surface area contributed by atoms with E-state index in [4.69, 9.17) is 0 Å². The van der Waals surface area contributed by atoms with Gasteiger partial charge in [-0.15, -0.1) is 0 Å². The highest BCUT2D eigenvalue weighted by atomic mass is 16.2. The smallest absolute Gasteiger partial charge is 0.231 e. The Bertz CT molecular complexity index is 762. The molecule has 0 fully saturated rings. The third kappa shape index (κ3) is 6.24. The van der Waals surface area contributed by atoms with E-state index in [1.54, 1.807) is 19.0 Å². The number of carbonyl (C=O) groups excluding carboxylic acids is 2. The minimum Gasteiger partial charge on any atom is -0.349 e. The molecular weight excluding hydrogens is 336 g/mol.